The first-order valence-electron chi connectivity index (χ1n) is 5.62. The molecular weight excluding hydrogens is 228 g/mol. The number of rotatable bonds is 1. The molecule has 0 radical (unpaired) electrons. The van der Waals surface area contributed by atoms with Crippen LogP contribution < -0.4 is 10.6 Å². The summed E-state index contributed by atoms with van der Waals surface area (Å²) in [6.45, 7) is 7.76. The molecule has 0 aromatic carbocycles. The largest absolute Gasteiger partial charge is 0.444 e. The molecule has 1 amide bonds. The van der Waals surface area contributed by atoms with E-state index in [1.807, 2.05) is 20.8 Å². The standard InChI is InChI=1S/C11H20N2O2.ClH/c1-10(2,3)15-9(14)13-8-6-11(8)4-5-12-7-11;/h8,12H,4-7H2,1-3H3,(H,13,14);1H. The van der Waals surface area contributed by atoms with Gasteiger partial charge in [0.05, 0.1) is 0 Å². The van der Waals surface area contributed by atoms with E-state index in [-0.39, 0.29) is 18.5 Å². The summed E-state index contributed by atoms with van der Waals surface area (Å²) in [5.41, 5.74) is -0.0586. The molecule has 0 bridgehead atoms. The molecule has 1 aliphatic heterocycles. The molecule has 1 aliphatic carbocycles. The minimum atomic E-state index is -0.403. The zero-order valence-corrected chi connectivity index (χ0v) is 10.9. The lowest BCUT2D eigenvalue weighted by Gasteiger charge is -2.20. The highest BCUT2D eigenvalue weighted by molar-refractivity contribution is 5.85. The molecule has 2 fully saturated rings. The molecule has 2 unspecified atom stereocenters. The number of carbonyl (C=O) groups excluding carboxylic acids is 1. The monoisotopic (exact) mass is 248 g/mol. The molecule has 1 saturated carbocycles. The summed E-state index contributed by atoms with van der Waals surface area (Å²) in [6, 6.07) is 0.322. The molecule has 2 aliphatic rings. The molecule has 5 heteroatoms. The fourth-order valence-corrected chi connectivity index (χ4v) is 2.24. The Labute approximate surface area is 103 Å². The predicted molar refractivity (Wildman–Crippen MR) is 64.9 cm³/mol. The van der Waals surface area contributed by atoms with Crippen molar-refractivity contribution >= 4 is 18.5 Å². The van der Waals surface area contributed by atoms with Gasteiger partial charge >= 0.3 is 6.09 Å². The second-order valence-corrected chi connectivity index (χ2v) is 5.69. The first kappa shape index (κ1) is 13.6. The Balaban J connectivity index is 0.00000128. The van der Waals surface area contributed by atoms with Crippen molar-refractivity contribution in [1.82, 2.24) is 10.6 Å². The van der Waals surface area contributed by atoms with Crippen LogP contribution in [0.25, 0.3) is 0 Å². The van der Waals surface area contributed by atoms with Crippen molar-refractivity contribution in [3.05, 3.63) is 0 Å². The van der Waals surface area contributed by atoms with E-state index >= 15 is 0 Å². The van der Waals surface area contributed by atoms with Crippen LogP contribution in [0.4, 0.5) is 4.79 Å². The Morgan fingerprint density at radius 1 is 1.50 bits per heavy atom. The van der Waals surface area contributed by atoms with Crippen molar-refractivity contribution in [2.75, 3.05) is 13.1 Å². The molecule has 0 aromatic heterocycles. The van der Waals surface area contributed by atoms with Crippen molar-refractivity contribution in [3.63, 3.8) is 0 Å². The molecule has 1 saturated heterocycles. The summed E-state index contributed by atoms with van der Waals surface area (Å²) >= 11 is 0. The van der Waals surface area contributed by atoms with Crippen LogP contribution in [0.3, 0.4) is 0 Å². The average molecular weight is 249 g/mol. The summed E-state index contributed by atoms with van der Waals surface area (Å²) in [5.74, 6) is 0. The van der Waals surface area contributed by atoms with Gasteiger partial charge in [-0.15, -0.1) is 12.4 Å². The molecular formula is C11H21ClN2O2. The lowest BCUT2D eigenvalue weighted by Crippen LogP contribution is -2.36. The van der Waals surface area contributed by atoms with E-state index in [9.17, 15) is 4.79 Å². The highest BCUT2D eigenvalue weighted by Gasteiger charge is 2.56. The van der Waals surface area contributed by atoms with Gasteiger partial charge in [-0.05, 0) is 40.2 Å². The van der Waals surface area contributed by atoms with Gasteiger partial charge in [-0.3, -0.25) is 0 Å². The zero-order valence-electron chi connectivity index (χ0n) is 10.1. The fraction of sp³-hybridized carbons (Fsp3) is 0.909. The number of ether oxygens (including phenoxy) is 1. The number of carbonyl (C=O) groups is 1. The number of amides is 1. The van der Waals surface area contributed by atoms with Gasteiger partial charge in [-0.1, -0.05) is 0 Å². The first-order chi connectivity index (χ1) is 6.91. The van der Waals surface area contributed by atoms with Crippen LogP contribution in [0.5, 0.6) is 0 Å². The third-order valence-corrected chi connectivity index (χ3v) is 3.16. The van der Waals surface area contributed by atoms with Crippen LogP contribution in [0.15, 0.2) is 0 Å². The normalized spacial score (nSPS) is 32.1. The van der Waals surface area contributed by atoms with Gasteiger partial charge in [-0.25, -0.2) is 4.79 Å². The van der Waals surface area contributed by atoms with Crippen molar-refractivity contribution in [2.24, 2.45) is 5.41 Å². The van der Waals surface area contributed by atoms with Crippen LogP contribution >= 0.6 is 12.4 Å². The van der Waals surface area contributed by atoms with Gasteiger partial charge < -0.3 is 15.4 Å². The van der Waals surface area contributed by atoms with E-state index in [1.165, 1.54) is 6.42 Å². The minimum absolute atomic E-state index is 0. The number of nitrogens with one attached hydrogen (secondary N) is 2. The van der Waals surface area contributed by atoms with Gasteiger partial charge in [-0.2, -0.15) is 0 Å². The molecule has 16 heavy (non-hydrogen) atoms. The van der Waals surface area contributed by atoms with Crippen molar-refractivity contribution in [2.45, 2.75) is 45.3 Å². The van der Waals surface area contributed by atoms with Crippen molar-refractivity contribution in [1.29, 1.82) is 0 Å². The molecule has 4 nitrogen and oxygen atoms in total. The predicted octanol–water partition coefficient (Wildman–Crippen LogP) is 1.68. The van der Waals surface area contributed by atoms with E-state index < -0.39 is 5.60 Å². The fourth-order valence-electron chi connectivity index (χ4n) is 2.24. The summed E-state index contributed by atoms with van der Waals surface area (Å²) in [7, 11) is 0. The topological polar surface area (TPSA) is 50.4 Å². The van der Waals surface area contributed by atoms with Crippen LogP contribution in [0, 0.1) is 5.41 Å². The molecule has 2 atom stereocenters. The van der Waals surface area contributed by atoms with E-state index in [0.29, 0.717) is 11.5 Å². The second kappa shape index (κ2) is 4.41. The first-order valence-corrected chi connectivity index (χ1v) is 5.62. The number of hydrogen-bond acceptors (Lipinski definition) is 3. The number of halogens is 1. The van der Waals surface area contributed by atoms with E-state index in [4.69, 9.17) is 4.74 Å². The smallest absolute Gasteiger partial charge is 0.407 e. The SMILES string of the molecule is CC(C)(C)OC(=O)NC1CC12CCNC2.Cl. The summed E-state index contributed by atoms with van der Waals surface area (Å²) in [6.07, 6.45) is 1.99. The van der Waals surface area contributed by atoms with Crippen LogP contribution in [-0.2, 0) is 4.74 Å². The maximum Gasteiger partial charge on any atom is 0.407 e. The van der Waals surface area contributed by atoms with Crippen LogP contribution in [0.1, 0.15) is 33.6 Å². The highest BCUT2D eigenvalue weighted by Crippen LogP contribution is 2.50. The molecule has 1 spiro atoms. The Hall–Kier alpha value is -0.480. The summed E-state index contributed by atoms with van der Waals surface area (Å²) < 4.78 is 5.22. The lowest BCUT2D eigenvalue weighted by molar-refractivity contribution is 0.0517. The van der Waals surface area contributed by atoms with Gasteiger partial charge in [0.25, 0.3) is 0 Å². The Morgan fingerprint density at radius 3 is 2.69 bits per heavy atom. The third-order valence-electron chi connectivity index (χ3n) is 3.16. The Morgan fingerprint density at radius 2 is 2.19 bits per heavy atom. The van der Waals surface area contributed by atoms with Gasteiger partial charge in [0.2, 0.25) is 0 Å². The van der Waals surface area contributed by atoms with Gasteiger partial charge in [0.1, 0.15) is 5.60 Å². The quantitative estimate of drug-likeness (QED) is 0.743. The maximum atomic E-state index is 11.5. The average Bonchev–Trinajstić information content (AvgIpc) is 2.54. The van der Waals surface area contributed by atoms with Crippen molar-refractivity contribution < 1.29 is 9.53 Å². The van der Waals surface area contributed by atoms with Crippen molar-refractivity contribution in [3.8, 4) is 0 Å². The molecule has 2 N–H and O–H groups in total. The molecule has 0 aromatic rings. The van der Waals surface area contributed by atoms with E-state index in [2.05, 4.69) is 10.6 Å². The van der Waals surface area contributed by atoms with Crippen LogP contribution in [-0.4, -0.2) is 30.8 Å². The Bertz CT molecular complexity index is 270. The molecule has 2 rings (SSSR count). The number of alkyl carbamates (subject to hydrolysis) is 1. The van der Waals surface area contributed by atoms with Gasteiger partial charge in [0.15, 0.2) is 0 Å². The Kier molecular flexibility index (Phi) is 3.75. The highest BCUT2D eigenvalue weighted by atomic mass is 35.5. The summed E-state index contributed by atoms with van der Waals surface area (Å²) in [5, 5.41) is 6.28. The molecule has 1 heterocycles. The van der Waals surface area contributed by atoms with E-state index in [0.717, 1.165) is 19.5 Å². The number of hydrogen-bond donors (Lipinski definition) is 2. The third kappa shape index (κ3) is 3.01. The second-order valence-electron chi connectivity index (χ2n) is 5.69. The minimum Gasteiger partial charge on any atom is -0.444 e. The summed E-state index contributed by atoms with van der Waals surface area (Å²) in [4.78, 5) is 11.5. The van der Waals surface area contributed by atoms with E-state index in [1.54, 1.807) is 0 Å². The zero-order chi connectivity index (χ0) is 11.1. The lowest BCUT2D eigenvalue weighted by atomic mass is 10.1. The van der Waals surface area contributed by atoms with Crippen LogP contribution in [0.2, 0.25) is 0 Å². The van der Waals surface area contributed by atoms with Gasteiger partial charge in [0, 0.05) is 18.0 Å². The maximum absolute atomic E-state index is 11.5. The molecule has 94 valence electrons.